The van der Waals surface area contributed by atoms with Gasteiger partial charge in [0.15, 0.2) is 0 Å². The first-order chi connectivity index (χ1) is 33.7. The molecule has 4 heteroatoms. The van der Waals surface area contributed by atoms with E-state index in [-0.39, 0.29) is 12.5 Å². The summed E-state index contributed by atoms with van der Waals surface area (Å²) in [5.74, 6) is -0.127. The first-order valence-electron chi connectivity index (χ1n) is 27.7. The van der Waals surface area contributed by atoms with Gasteiger partial charge < -0.3 is 15.5 Å². The number of rotatable bonds is 48. The molecule has 0 spiro atoms. The highest BCUT2D eigenvalue weighted by Crippen LogP contribution is 2.13. The molecule has 0 saturated heterocycles. The Kier molecular flexibility index (Phi) is 54.0. The van der Waals surface area contributed by atoms with E-state index in [1.54, 1.807) is 6.08 Å². The molecule has 0 aromatic rings. The van der Waals surface area contributed by atoms with Gasteiger partial charge in [0.25, 0.3) is 0 Å². The van der Waals surface area contributed by atoms with E-state index in [4.69, 9.17) is 0 Å². The van der Waals surface area contributed by atoms with Crippen molar-refractivity contribution in [2.24, 2.45) is 0 Å². The Morgan fingerprint density at radius 1 is 0.368 bits per heavy atom. The van der Waals surface area contributed by atoms with Crippen LogP contribution in [0.1, 0.15) is 219 Å². The molecule has 2 unspecified atom stereocenters. The summed E-state index contributed by atoms with van der Waals surface area (Å²) in [6.07, 6.45) is 92.5. The number of allylic oxidation sites excluding steroid dienone is 25. The predicted octanol–water partition coefficient (Wildman–Crippen LogP) is 18.6. The highest BCUT2D eigenvalue weighted by Gasteiger charge is 2.17. The molecule has 0 fully saturated rings. The zero-order valence-corrected chi connectivity index (χ0v) is 43.8. The van der Waals surface area contributed by atoms with Crippen molar-refractivity contribution >= 4 is 5.91 Å². The molecule has 0 aliphatic heterocycles. The van der Waals surface area contributed by atoms with Gasteiger partial charge in [0, 0.05) is 6.42 Å². The van der Waals surface area contributed by atoms with Crippen LogP contribution >= 0.6 is 0 Å². The molecule has 0 saturated carbocycles. The van der Waals surface area contributed by atoms with Crippen LogP contribution in [-0.4, -0.2) is 34.9 Å². The van der Waals surface area contributed by atoms with E-state index in [9.17, 15) is 15.0 Å². The molecule has 3 N–H and O–H groups in total. The summed E-state index contributed by atoms with van der Waals surface area (Å²) in [6.45, 7) is 4.16. The Hall–Kier alpha value is -3.99. The van der Waals surface area contributed by atoms with E-state index in [1.165, 1.54) is 89.9 Å². The molecule has 0 aromatic heterocycles. The third kappa shape index (κ3) is 53.0. The van der Waals surface area contributed by atoms with Crippen molar-refractivity contribution in [1.82, 2.24) is 5.32 Å². The van der Waals surface area contributed by atoms with Gasteiger partial charge in [0.05, 0.1) is 18.8 Å². The van der Waals surface area contributed by atoms with Gasteiger partial charge in [-0.25, -0.2) is 0 Å². The Balaban J connectivity index is 3.77. The van der Waals surface area contributed by atoms with Crippen LogP contribution in [0.2, 0.25) is 0 Å². The molecule has 2 atom stereocenters. The number of carbonyl (C=O) groups is 1. The van der Waals surface area contributed by atoms with Crippen LogP contribution in [0.4, 0.5) is 0 Å². The van der Waals surface area contributed by atoms with Gasteiger partial charge in [0.1, 0.15) is 0 Å². The smallest absolute Gasteiger partial charge is 0.220 e. The summed E-state index contributed by atoms with van der Waals surface area (Å²) in [4.78, 5) is 12.4. The fraction of sp³-hybridized carbons (Fsp3) is 0.578. The summed E-state index contributed by atoms with van der Waals surface area (Å²) < 4.78 is 0. The fourth-order valence-corrected chi connectivity index (χ4v) is 7.30. The zero-order chi connectivity index (χ0) is 49.2. The maximum atomic E-state index is 12.4. The molecule has 0 bridgehead atoms. The molecule has 0 radical (unpaired) electrons. The molecule has 0 aliphatic carbocycles. The third-order valence-corrected chi connectivity index (χ3v) is 11.5. The fourth-order valence-electron chi connectivity index (χ4n) is 7.30. The second-order valence-corrected chi connectivity index (χ2v) is 17.9. The minimum absolute atomic E-state index is 0.127. The van der Waals surface area contributed by atoms with E-state index in [1.807, 2.05) is 6.08 Å². The number of hydrogen-bond acceptors (Lipinski definition) is 3. The van der Waals surface area contributed by atoms with Crippen LogP contribution in [0.25, 0.3) is 0 Å². The number of aliphatic hydroxyl groups excluding tert-OH is 2. The molecule has 0 heterocycles. The van der Waals surface area contributed by atoms with Crippen molar-refractivity contribution in [3.63, 3.8) is 0 Å². The SMILES string of the molecule is CC/C=C\C/C=C\C/C=C\C/C=C\C/C=C\C/C=C\C/C=C\C/C=C\C/C=C\C/C=C\CCCCC(=O)NC(CO)C(O)/C=C/CC/C=C/CC/C=C/CCCCCCCCCCCCCCC. The zero-order valence-electron chi connectivity index (χ0n) is 43.8. The largest absolute Gasteiger partial charge is 0.394 e. The lowest BCUT2D eigenvalue weighted by Gasteiger charge is -2.19. The maximum Gasteiger partial charge on any atom is 0.220 e. The average molecular weight is 935 g/mol. The van der Waals surface area contributed by atoms with Gasteiger partial charge in [-0.3, -0.25) is 4.79 Å². The van der Waals surface area contributed by atoms with Crippen LogP contribution in [0, 0.1) is 0 Å². The molecule has 382 valence electrons. The lowest BCUT2D eigenvalue weighted by molar-refractivity contribution is -0.123. The average Bonchev–Trinajstić information content (AvgIpc) is 3.34. The minimum atomic E-state index is -0.902. The molecule has 0 rings (SSSR count). The number of aliphatic hydroxyl groups is 2. The Bertz CT molecular complexity index is 1480. The highest BCUT2D eigenvalue weighted by molar-refractivity contribution is 5.76. The van der Waals surface area contributed by atoms with E-state index in [0.717, 1.165) is 109 Å². The van der Waals surface area contributed by atoms with E-state index >= 15 is 0 Å². The van der Waals surface area contributed by atoms with Gasteiger partial charge in [0.2, 0.25) is 5.91 Å². The Morgan fingerprint density at radius 3 is 1.03 bits per heavy atom. The summed E-state index contributed by atoms with van der Waals surface area (Å²) in [7, 11) is 0. The lowest BCUT2D eigenvalue weighted by atomic mass is 10.0. The van der Waals surface area contributed by atoms with E-state index < -0.39 is 12.1 Å². The van der Waals surface area contributed by atoms with Crippen LogP contribution in [0.5, 0.6) is 0 Å². The molecular formula is C64H103NO3. The Labute approximate surface area is 420 Å². The van der Waals surface area contributed by atoms with Crippen molar-refractivity contribution in [3.8, 4) is 0 Å². The van der Waals surface area contributed by atoms with Crippen LogP contribution < -0.4 is 5.32 Å². The van der Waals surface area contributed by atoms with Crippen molar-refractivity contribution < 1.29 is 15.0 Å². The summed E-state index contributed by atoms with van der Waals surface area (Å²) >= 11 is 0. The van der Waals surface area contributed by atoms with Gasteiger partial charge in [-0.15, -0.1) is 0 Å². The molecular weight excluding hydrogens is 831 g/mol. The van der Waals surface area contributed by atoms with Crippen molar-refractivity contribution in [3.05, 3.63) is 158 Å². The molecule has 0 aromatic carbocycles. The van der Waals surface area contributed by atoms with Crippen molar-refractivity contribution in [2.45, 2.75) is 231 Å². The first kappa shape index (κ1) is 64.0. The van der Waals surface area contributed by atoms with Crippen LogP contribution in [0.3, 0.4) is 0 Å². The molecule has 1 amide bonds. The van der Waals surface area contributed by atoms with Gasteiger partial charge in [-0.05, 0) is 122 Å². The number of unbranched alkanes of at least 4 members (excludes halogenated alkanes) is 17. The second kappa shape index (κ2) is 57.3. The molecule has 0 aliphatic rings. The topological polar surface area (TPSA) is 69.6 Å². The Morgan fingerprint density at radius 2 is 0.662 bits per heavy atom. The summed E-state index contributed by atoms with van der Waals surface area (Å²) in [6, 6.07) is -0.683. The number of nitrogens with one attached hydrogen (secondary N) is 1. The van der Waals surface area contributed by atoms with Gasteiger partial charge in [-0.2, -0.15) is 0 Å². The standard InChI is InChI=1S/C64H103NO3/c1-3-5-7-9-11-13-15-17-19-21-23-25-27-28-29-30-31-32-33-34-35-36-38-40-42-44-46-48-50-52-54-56-58-60-64(68)65-62(61-66)63(67)59-57-55-53-51-49-47-45-43-41-39-37-26-24-22-20-18-16-14-12-10-8-6-4-2/h5,7,11,13,17,19,23,25,28-29,31-32,34-35,38,40-41,43-44,46,49-52,57,59,62-63,66-67H,3-4,6,8-10,12,14-16,18,20-22,24,26-27,30,33,36-37,39,42,45,47-48,53-56,58,60-61H2,1-2H3,(H,65,68)/b7-5-,13-11-,19-17-,25-23-,29-28-,32-31-,35-34-,40-38-,43-41+,46-44-,51-49+,52-50-,59-57+. The van der Waals surface area contributed by atoms with Gasteiger partial charge >= 0.3 is 0 Å². The van der Waals surface area contributed by atoms with Gasteiger partial charge in [-0.1, -0.05) is 249 Å². The number of hydrogen-bond donors (Lipinski definition) is 3. The minimum Gasteiger partial charge on any atom is -0.394 e. The highest BCUT2D eigenvalue weighted by atomic mass is 16.3. The third-order valence-electron chi connectivity index (χ3n) is 11.5. The summed E-state index contributed by atoms with van der Waals surface area (Å²) in [5, 5.41) is 23.1. The second-order valence-electron chi connectivity index (χ2n) is 17.9. The predicted molar refractivity (Wildman–Crippen MR) is 303 cm³/mol. The first-order valence-corrected chi connectivity index (χ1v) is 27.7. The monoisotopic (exact) mass is 934 g/mol. The van der Waals surface area contributed by atoms with E-state index in [2.05, 4.69) is 165 Å². The lowest BCUT2D eigenvalue weighted by Crippen LogP contribution is -2.45. The number of amides is 1. The van der Waals surface area contributed by atoms with E-state index in [0.29, 0.717) is 6.42 Å². The number of carbonyl (C=O) groups excluding carboxylic acids is 1. The quantitative estimate of drug-likeness (QED) is 0.0421. The molecule has 4 nitrogen and oxygen atoms in total. The maximum absolute atomic E-state index is 12.4. The normalized spacial score (nSPS) is 14.1. The summed E-state index contributed by atoms with van der Waals surface area (Å²) in [5.41, 5.74) is 0. The van der Waals surface area contributed by atoms with Crippen LogP contribution in [0.15, 0.2) is 158 Å². The van der Waals surface area contributed by atoms with Crippen molar-refractivity contribution in [1.29, 1.82) is 0 Å². The molecule has 68 heavy (non-hydrogen) atoms. The van der Waals surface area contributed by atoms with Crippen molar-refractivity contribution in [2.75, 3.05) is 6.61 Å². The van der Waals surface area contributed by atoms with Crippen LogP contribution in [-0.2, 0) is 4.79 Å².